The third-order valence-corrected chi connectivity index (χ3v) is 5.83. The van der Waals surface area contributed by atoms with Gasteiger partial charge in [0, 0.05) is 17.6 Å². The summed E-state index contributed by atoms with van der Waals surface area (Å²) in [5.41, 5.74) is 1.54. The molecule has 180 valence electrons. The van der Waals surface area contributed by atoms with E-state index in [4.69, 9.17) is 4.74 Å². The van der Waals surface area contributed by atoms with Crippen molar-refractivity contribution in [2.24, 2.45) is 0 Å². The number of aromatic nitrogens is 2. The number of alkyl halides is 3. The van der Waals surface area contributed by atoms with Crippen molar-refractivity contribution in [2.45, 2.75) is 64.1 Å². The van der Waals surface area contributed by atoms with Gasteiger partial charge in [-0.1, -0.05) is 31.4 Å². The molecule has 1 aromatic heterocycles. The van der Waals surface area contributed by atoms with Crippen molar-refractivity contribution in [1.29, 1.82) is 0 Å². The summed E-state index contributed by atoms with van der Waals surface area (Å²) in [6.07, 6.45) is 2.42. The number of benzene rings is 2. The molecule has 0 bridgehead atoms. The molecule has 0 aliphatic heterocycles. The highest BCUT2D eigenvalue weighted by atomic mass is 19.4. The van der Waals surface area contributed by atoms with Gasteiger partial charge in [-0.3, -0.25) is 0 Å². The molecule has 2 N–H and O–H groups in total. The van der Waals surface area contributed by atoms with Crippen molar-refractivity contribution in [3.8, 4) is 5.75 Å². The van der Waals surface area contributed by atoms with Gasteiger partial charge in [-0.25, -0.2) is 4.98 Å². The molecular formula is C26H29F3N4O. The van der Waals surface area contributed by atoms with Gasteiger partial charge in [0.05, 0.1) is 6.10 Å². The second kappa shape index (κ2) is 10.3. The van der Waals surface area contributed by atoms with Gasteiger partial charge in [0.1, 0.15) is 17.1 Å². The summed E-state index contributed by atoms with van der Waals surface area (Å²) in [5, 5.41) is 5.79. The van der Waals surface area contributed by atoms with Crippen LogP contribution in [0.5, 0.6) is 5.75 Å². The number of nitrogens with zero attached hydrogens (tertiary/aromatic N) is 2. The SMILES string of the molecule is CC(C)Oc1ccc(Nc2nc(Nc3ccc(C4CCCCC4)cc3)ncc2C(F)(F)F)cc1. The zero-order chi connectivity index (χ0) is 24.1. The first-order valence-electron chi connectivity index (χ1n) is 11.6. The Morgan fingerprint density at radius 3 is 2.12 bits per heavy atom. The van der Waals surface area contributed by atoms with Crippen LogP contribution in [0.4, 0.5) is 36.3 Å². The maximum atomic E-state index is 13.6. The minimum atomic E-state index is -4.59. The Labute approximate surface area is 197 Å². The van der Waals surface area contributed by atoms with E-state index in [9.17, 15) is 13.2 Å². The zero-order valence-electron chi connectivity index (χ0n) is 19.3. The molecule has 0 saturated heterocycles. The van der Waals surface area contributed by atoms with Crippen molar-refractivity contribution in [3.63, 3.8) is 0 Å². The van der Waals surface area contributed by atoms with E-state index in [2.05, 4.69) is 32.7 Å². The highest BCUT2D eigenvalue weighted by Crippen LogP contribution is 2.36. The zero-order valence-corrected chi connectivity index (χ0v) is 19.3. The van der Waals surface area contributed by atoms with Gasteiger partial charge in [0.15, 0.2) is 0 Å². The molecule has 0 amide bonds. The molecule has 1 fully saturated rings. The van der Waals surface area contributed by atoms with E-state index in [1.54, 1.807) is 24.3 Å². The lowest BCUT2D eigenvalue weighted by molar-refractivity contribution is -0.137. The molecule has 0 atom stereocenters. The average Bonchev–Trinajstić information content (AvgIpc) is 2.80. The van der Waals surface area contributed by atoms with Gasteiger partial charge in [-0.15, -0.1) is 0 Å². The van der Waals surface area contributed by atoms with Gasteiger partial charge in [-0.2, -0.15) is 18.2 Å². The molecule has 3 aromatic rings. The summed E-state index contributed by atoms with van der Waals surface area (Å²) in [5.74, 6) is 0.985. The highest BCUT2D eigenvalue weighted by Gasteiger charge is 2.35. The largest absolute Gasteiger partial charge is 0.491 e. The molecule has 1 aliphatic rings. The van der Waals surface area contributed by atoms with Gasteiger partial charge in [0.25, 0.3) is 0 Å². The molecule has 34 heavy (non-hydrogen) atoms. The number of hydrogen-bond donors (Lipinski definition) is 2. The Morgan fingerprint density at radius 1 is 0.882 bits per heavy atom. The Kier molecular flexibility index (Phi) is 7.24. The van der Waals surface area contributed by atoms with Gasteiger partial charge >= 0.3 is 6.18 Å². The van der Waals surface area contributed by atoms with Crippen LogP contribution in [0.25, 0.3) is 0 Å². The van der Waals surface area contributed by atoms with Crippen molar-refractivity contribution < 1.29 is 17.9 Å². The summed E-state index contributed by atoms with van der Waals surface area (Å²) in [6, 6.07) is 14.7. The fraction of sp³-hybridized carbons (Fsp3) is 0.385. The summed E-state index contributed by atoms with van der Waals surface area (Å²) in [6.45, 7) is 3.81. The fourth-order valence-electron chi connectivity index (χ4n) is 4.17. The van der Waals surface area contributed by atoms with Crippen LogP contribution in [0.3, 0.4) is 0 Å². The molecule has 1 heterocycles. The summed E-state index contributed by atoms with van der Waals surface area (Å²) < 4.78 is 46.3. The predicted molar refractivity (Wildman–Crippen MR) is 128 cm³/mol. The minimum absolute atomic E-state index is 0.00266. The number of ether oxygens (including phenoxy) is 1. The number of hydrogen-bond acceptors (Lipinski definition) is 5. The lowest BCUT2D eigenvalue weighted by atomic mass is 9.84. The van der Waals surface area contributed by atoms with Crippen molar-refractivity contribution in [1.82, 2.24) is 9.97 Å². The van der Waals surface area contributed by atoms with Crippen molar-refractivity contribution in [3.05, 3.63) is 65.9 Å². The molecule has 0 radical (unpaired) electrons. The van der Waals surface area contributed by atoms with E-state index in [1.807, 2.05) is 26.0 Å². The standard InChI is InChI=1S/C26H29F3N4O/c1-17(2)34-22-14-12-20(13-15-22)31-24-23(26(27,28)29)16-30-25(33-24)32-21-10-8-19(9-11-21)18-6-4-3-5-7-18/h8-18H,3-7H2,1-2H3,(H2,30,31,32,33). The van der Waals surface area contributed by atoms with Crippen LogP contribution in [-0.2, 0) is 6.18 Å². The van der Waals surface area contributed by atoms with Crippen molar-refractivity contribution >= 4 is 23.1 Å². The maximum absolute atomic E-state index is 13.6. The Balaban J connectivity index is 1.52. The molecule has 8 heteroatoms. The Morgan fingerprint density at radius 2 is 1.50 bits per heavy atom. The Bertz CT molecular complexity index is 1080. The second-order valence-corrected chi connectivity index (χ2v) is 8.85. The quantitative estimate of drug-likeness (QED) is 0.369. The van der Waals surface area contributed by atoms with Crippen LogP contribution in [0.2, 0.25) is 0 Å². The third kappa shape index (κ3) is 6.18. The van der Waals surface area contributed by atoms with Crippen LogP contribution in [0.15, 0.2) is 54.7 Å². The lowest BCUT2D eigenvalue weighted by Crippen LogP contribution is -2.12. The normalized spacial score (nSPS) is 14.8. The van der Waals surface area contributed by atoms with E-state index < -0.39 is 11.7 Å². The molecular weight excluding hydrogens is 441 g/mol. The predicted octanol–water partition coefficient (Wildman–Crippen LogP) is 7.82. The summed E-state index contributed by atoms with van der Waals surface area (Å²) >= 11 is 0. The fourth-order valence-corrected chi connectivity index (χ4v) is 4.17. The molecule has 0 spiro atoms. The van der Waals surface area contributed by atoms with Gasteiger partial charge in [0.2, 0.25) is 5.95 Å². The van der Waals surface area contributed by atoms with E-state index in [0.717, 1.165) is 11.9 Å². The first-order chi connectivity index (χ1) is 16.3. The molecule has 0 unspecified atom stereocenters. The van der Waals surface area contributed by atoms with Gasteiger partial charge < -0.3 is 15.4 Å². The first-order valence-corrected chi connectivity index (χ1v) is 11.6. The molecule has 5 nitrogen and oxygen atoms in total. The topological polar surface area (TPSA) is 59.1 Å². The van der Waals surface area contributed by atoms with Crippen LogP contribution in [0, 0.1) is 0 Å². The average molecular weight is 471 g/mol. The van der Waals surface area contributed by atoms with Crippen LogP contribution >= 0.6 is 0 Å². The van der Waals surface area contributed by atoms with E-state index >= 15 is 0 Å². The summed E-state index contributed by atoms with van der Waals surface area (Å²) in [4.78, 5) is 8.03. The van der Waals surface area contributed by atoms with Crippen LogP contribution in [-0.4, -0.2) is 16.1 Å². The van der Waals surface area contributed by atoms with E-state index in [0.29, 0.717) is 17.4 Å². The molecule has 4 rings (SSSR count). The number of rotatable bonds is 7. The van der Waals surface area contributed by atoms with Gasteiger partial charge in [-0.05, 0) is 74.6 Å². The monoisotopic (exact) mass is 470 g/mol. The summed E-state index contributed by atoms with van der Waals surface area (Å²) in [7, 11) is 0. The number of anilines is 4. The van der Waals surface area contributed by atoms with E-state index in [-0.39, 0.29) is 17.9 Å². The molecule has 1 aliphatic carbocycles. The smallest absolute Gasteiger partial charge is 0.421 e. The number of halogens is 3. The second-order valence-electron chi connectivity index (χ2n) is 8.85. The molecule has 2 aromatic carbocycles. The first kappa shape index (κ1) is 23.9. The Hall–Kier alpha value is -3.29. The van der Waals surface area contributed by atoms with Crippen molar-refractivity contribution in [2.75, 3.05) is 10.6 Å². The molecule has 1 saturated carbocycles. The maximum Gasteiger partial charge on any atom is 0.421 e. The lowest BCUT2D eigenvalue weighted by Gasteiger charge is -2.22. The van der Waals surface area contributed by atoms with Crippen LogP contribution < -0.4 is 15.4 Å². The number of nitrogens with one attached hydrogen (secondary N) is 2. The highest BCUT2D eigenvalue weighted by molar-refractivity contribution is 5.63. The van der Waals surface area contributed by atoms with E-state index in [1.165, 1.54) is 37.7 Å². The minimum Gasteiger partial charge on any atom is -0.491 e. The third-order valence-electron chi connectivity index (χ3n) is 5.83. The van der Waals surface area contributed by atoms with Crippen LogP contribution in [0.1, 0.15) is 63.0 Å².